The summed E-state index contributed by atoms with van der Waals surface area (Å²) >= 11 is 0. The third kappa shape index (κ3) is 3.02. The van der Waals surface area contributed by atoms with Crippen molar-refractivity contribution >= 4 is 0 Å². The van der Waals surface area contributed by atoms with Crippen molar-refractivity contribution in [2.75, 3.05) is 7.11 Å². The predicted octanol–water partition coefficient (Wildman–Crippen LogP) is 3.04. The van der Waals surface area contributed by atoms with E-state index in [2.05, 4.69) is 10.1 Å². The Balaban J connectivity index is 1.81. The summed E-state index contributed by atoms with van der Waals surface area (Å²) < 4.78 is 10.4. The second kappa shape index (κ2) is 5.66. The highest BCUT2D eigenvalue weighted by Gasteiger charge is 2.10. The third-order valence-electron chi connectivity index (χ3n) is 3.06. The lowest BCUT2D eigenvalue weighted by atomic mass is 10.1. The highest BCUT2D eigenvalue weighted by atomic mass is 16.5. The number of ether oxygens (including phenoxy) is 1. The monoisotopic (exact) mass is 282 g/mol. The first-order valence-corrected chi connectivity index (χ1v) is 6.49. The molecule has 0 atom stereocenters. The van der Waals surface area contributed by atoms with E-state index in [9.17, 15) is 5.11 Å². The predicted molar refractivity (Wildman–Crippen MR) is 77.2 cm³/mol. The number of nitrogens with zero attached hydrogens (tertiary/aromatic N) is 2. The number of aromatic nitrogens is 2. The van der Waals surface area contributed by atoms with Gasteiger partial charge in [0.15, 0.2) is 5.82 Å². The summed E-state index contributed by atoms with van der Waals surface area (Å²) in [6.45, 7) is 0. The van der Waals surface area contributed by atoms with Gasteiger partial charge in [-0.1, -0.05) is 23.4 Å². The van der Waals surface area contributed by atoms with Gasteiger partial charge in [0.05, 0.1) is 7.11 Å². The van der Waals surface area contributed by atoms with Crippen LogP contribution in [0, 0.1) is 0 Å². The maximum atomic E-state index is 9.47. The molecule has 0 fully saturated rings. The van der Waals surface area contributed by atoms with Crippen molar-refractivity contribution in [1.82, 2.24) is 10.1 Å². The average Bonchev–Trinajstić information content (AvgIpc) is 2.96. The van der Waals surface area contributed by atoms with E-state index in [1.165, 1.54) is 0 Å². The average molecular weight is 282 g/mol. The molecule has 0 amide bonds. The van der Waals surface area contributed by atoms with Gasteiger partial charge < -0.3 is 14.4 Å². The Labute approximate surface area is 121 Å². The molecule has 5 heteroatoms. The zero-order chi connectivity index (χ0) is 14.7. The SMILES string of the molecule is COc1cccc(Cc2noc(-c3cccc(O)c3)n2)c1. The van der Waals surface area contributed by atoms with Gasteiger partial charge in [0.25, 0.3) is 5.89 Å². The molecule has 0 saturated heterocycles. The van der Waals surface area contributed by atoms with Crippen LogP contribution in [0.2, 0.25) is 0 Å². The van der Waals surface area contributed by atoms with Crippen LogP contribution in [0.15, 0.2) is 53.1 Å². The van der Waals surface area contributed by atoms with Gasteiger partial charge in [-0.2, -0.15) is 4.98 Å². The van der Waals surface area contributed by atoms with Crippen molar-refractivity contribution in [3.8, 4) is 23.0 Å². The van der Waals surface area contributed by atoms with Gasteiger partial charge in [0.2, 0.25) is 0 Å². The second-order valence-corrected chi connectivity index (χ2v) is 4.59. The van der Waals surface area contributed by atoms with E-state index in [1.807, 2.05) is 30.3 Å². The van der Waals surface area contributed by atoms with E-state index < -0.39 is 0 Å². The van der Waals surface area contributed by atoms with Crippen molar-refractivity contribution < 1.29 is 14.4 Å². The van der Waals surface area contributed by atoms with E-state index in [1.54, 1.807) is 25.3 Å². The second-order valence-electron chi connectivity index (χ2n) is 4.59. The van der Waals surface area contributed by atoms with Crippen LogP contribution >= 0.6 is 0 Å². The number of aromatic hydroxyl groups is 1. The number of benzene rings is 2. The van der Waals surface area contributed by atoms with Crippen LogP contribution in [0.5, 0.6) is 11.5 Å². The maximum Gasteiger partial charge on any atom is 0.258 e. The molecule has 1 aromatic heterocycles. The van der Waals surface area contributed by atoms with Crippen LogP contribution in [-0.4, -0.2) is 22.4 Å². The Morgan fingerprint density at radius 2 is 2.00 bits per heavy atom. The summed E-state index contributed by atoms with van der Waals surface area (Å²) in [4.78, 5) is 4.34. The lowest BCUT2D eigenvalue weighted by Gasteiger charge is -2.01. The molecule has 0 aliphatic carbocycles. The Morgan fingerprint density at radius 3 is 2.81 bits per heavy atom. The van der Waals surface area contributed by atoms with Gasteiger partial charge >= 0.3 is 0 Å². The van der Waals surface area contributed by atoms with Gasteiger partial charge in [0.1, 0.15) is 11.5 Å². The minimum atomic E-state index is 0.167. The van der Waals surface area contributed by atoms with Crippen molar-refractivity contribution in [3.63, 3.8) is 0 Å². The molecule has 3 rings (SSSR count). The smallest absolute Gasteiger partial charge is 0.258 e. The van der Waals surface area contributed by atoms with Crippen LogP contribution in [0.1, 0.15) is 11.4 Å². The Bertz CT molecular complexity index is 753. The van der Waals surface area contributed by atoms with Crippen LogP contribution in [0.25, 0.3) is 11.5 Å². The molecule has 0 aliphatic rings. The molecule has 0 saturated carbocycles. The van der Waals surface area contributed by atoms with Crippen molar-refractivity contribution in [2.24, 2.45) is 0 Å². The molecule has 5 nitrogen and oxygen atoms in total. The Hall–Kier alpha value is -2.82. The molecule has 0 radical (unpaired) electrons. The molecule has 1 N–H and O–H groups in total. The summed E-state index contributed by atoms with van der Waals surface area (Å²) in [5.41, 5.74) is 1.73. The van der Waals surface area contributed by atoms with E-state index in [4.69, 9.17) is 9.26 Å². The van der Waals surface area contributed by atoms with Gasteiger partial charge in [-0.15, -0.1) is 0 Å². The molecule has 106 valence electrons. The number of phenolic OH excluding ortho intramolecular Hbond substituents is 1. The normalized spacial score (nSPS) is 10.5. The van der Waals surface area contributed by atoms with Gasteiger partial charge in [-0.3, -0.25) is 0 Å². The van der Waals surface area contributed by atoms with Crippen LogP contribution in [0.4, 0.5) is 0 Å². The summed E-state index contributed by atoms with van der Waals surface area (Å²) in [5.74, 6) is 1.94. The molecular formula is C16H14N2O3. The molecule has 1 heterocycles. The summed E-state index contributed by atoms with van der Waals surface area (Å²) in [6, 6.07) is 14.4. The summed E-state index contributed by atoms with van der Waals surface area (Å²) in [7, 11) is 1.63. The number of methoxy groups -OCH3 is 1. The topological polar surface area (TPSA) is 68.4 Å². The zero-order valence-electron chi connectivity index (χ0n) is 11.5. The van der Waals surface area contributed by atoms with E-state index in [-0.39, 0.29) is 5.75 Å². The summed E-state index contributed by atoms with van der Waals surface area (Å²) in [5, 5.41) is 13.4. The standard InChI is InChI=1S/C16H14N2O3/c1-20-14-7-2-4-11(8-14)9-15-17-16(21-18-15)12-5-3-6-13(19)10-12/h2-8,10,19H,9H2,1H3. The molecule has 21 heavy (non-hydrogen) atoms. The Kier molecular flexibility index (Phi) is 3.55. The molecule has 2 aromatic carbocycles. The highest BCUT2D eigenvalue weighted by molar-refractivity contribution is 5.55. The number of phenols is 1. The Morgan fingerprint density at radius 1 is 1.14 bits per heavy atom. The molecular weight excluding hydrogens is 268 g/mol. The van der Waals surface area contributed by atoms with E-state index in [0.717, 1.165) is 11.3 Å². The molecule has 0 spiro atoms. The zero-order valence-corrected chi connectivity index (χ0v) is 11.5. The first kappa shape index (κ1) is 13.2. The lowest BCUT2D eigenvalue weighted by molar-refractivity contribution is 0.414. The van der Waals surface area contributed by atoms with E-state index in [0.29, 0.717) is 23.7 Å². The quantitative estimate of drug-likeness (QED) is 0.796. The fraction of sp³-hybridized carbons (Fsp3) is 0.125. The number of hydrogen-bond acceptors (Lipinski definition) is 5. The summed E-state index contributed by atoms with van der Waals surface area (Å²) in [6.07, 6.45) is 0.555. The molecule has 3 aromatic rings. The molecule has 0 unspecified atom stereocenters. The third-order valence-corrected chi connectivity index (χ3v) is 3.06. The van der Waals surface area contributed by atoms with Crippen molar-refractivity contribution in [1.29, 1.82) is 0 Å². The lowest BCUT2D eigenvalue weighted by Crippen LogP contribution is -1.92. The molecule has 0 aliphatic heterocycles. The first-order chi connectivity index (χ1) is 10.2. The van der Waals surface area contributed by atoms with Gasteiger partial charge in [-0.05, 0) is 35.9 Å². The number of hydrogen-bond donors (Lipinski definition) is 1. The highest BCUT2D eigenvalue weighted by Crippen LogP contribution is 2.22. The van der Waals surface area contributed by atoms with E-state index >= 15 is 0 Å². The first-order valence-electron chi connectivity index (χ1n) is 6.49. The van der Waals surface area contributed by atoms with Crippen molar-refractivity contribution in [2.45, 2.75) is 6.42 Å². The van der Waals surface area contributed by atoms with Crippen LogP contribution in [-0.2, 0) is 6.42 Å². The minimum absolute atomic E-state index is 0.167. The minimum Gasteiger partial charge on any atom is -0.508 e. The fourth-order valence-corrected chi connectivity index (χ4v) is 2.05. The number of rotatable bonds is 4. The van der Waals surface area contributed by atoms with Crippen LogP contribution in [0.3, 0.4) is 0 Å². The largest absolute Gasteiger partial charge is 0.508 e. The van der Waals surface area contributed by atoms with Crippen LogP contribution < -0.4 is 4.74 Å². The van der Waals surface area contributed by atoms with Crippen molar-refractivity contribution in [3.05, 3.63) is 59.9 Å². The maximum absolute atomic E-state index is 9.47. The fourth-order valence-electron chi connectivity index (χ4n) is 2.05. The van der Waals surface area contributed by atoms with Gasteiger partial charge in [-0.25, -0.2) is 0 Å². The van der Waals surface area contributed by atoms with Gasteiger partial charge in [0, 0.05) is 12.0 Å². The molecule has 0 bridgehead atoms.